The van der Waals surface area contributed by atoms with Crippen molar-refractivity contribution in [1.29, 1.82) is 0 Å². The largest absolute Gasteiger partial charge is 0.385 e. The molecule has 0 saturated carbocycles. The number of methoxy groups -OCH3 is 1. The average molecular weight is 238 g/mol. The van der Waals surface area contributed by atoms with E-state index in [9.17, 15) is 0 Å². The number of aromatic nitrogens is 1. The van der Waals surface area contributed by atoms with Crippen LogP contribution in [0.1, 0.15) is 6.42 Å². The zero-order valence-corrected chi connectivity index (χ0v) is 10.5. The first kappa shape index (κ1) is 12.6. The molecule has 0 radical (unpaired) electrons. The van der Waals surface area contributed by atoms with Gasteiger partial charge >= 0.3 is 0 Å². The van der Waals surface area contributed by atoms with E-state index in [-0.39, 0.29) is 0 Å². The minimum atomic E-state index is 0.318. The molecule has 1 fully saturated rings. The molecular formula is C13H22N2O2. The van der Waals surface area contributed by atoms with E-state index < -0.39 is 0 Å². The highest BCUT2D eigenvalue weighted by Crippen LogP contribution is 2.08. The molecule has 4 nitrogen and oxygen atoms in total. The van der Waals surface area contributed by atoms with Crippen molar-refractivity contribution in [1.82, 2.24) is 9.47 Å². The van der Waals surface area contributed by atoms with Crippen molar-refractivity contribution in [3.05, 3.63) is 24.5 Å². The van der Waals surface area contributed by atoms with Gasteiger partial charge in [0.2, 0.25) is 0 Å². The standard InChI is InChI=1S/C13H22N2O2/c1-16-9-4-7-15-8-10-17-13(12-15)11-14-5-2-3-6-14/h2-3,5-6,13H,4,7-12H2,1H3. The summed E-state index contributed by atoms with van der Waals surface area (Å²) in [5, 5.41) is 0. The highest BCUT2D eigenvalue weighted by Gasteiger charge is 2.19. The van der Waals surface area contributed by atoms with Crippen LogP contribution in [0.3, 0.4) is 0 Å². The quantitative estimate of drug-likeness (QED) is 0.697. The molecule has 1 atom stereocenters. The summed E-state index contributed by atoms with van der Waals surface area (Å²) in [5.74, 6) is 0. The monoisotopic (exact) mass is 238 g/mol. The van der Waals surface area contributed by atoms with Crippen LogP contribution in [0.15, 0.2) is 24.5 Å². The Hall–Kier alpha value is -0.840. The minimum Gasteiger partial charge on any atom is -0.385 e. The second kappa shape index (κ2) is 6.79. The Bertz CT molecular complexity index is 300. The third-order valence-corrected chi connectivity index (χ3v) is 3.13. The number of hydrogen-bond acceptors (Lipinski definition) is 3. The Labute approximate surface area is 103 Å². The lowest BCUT2D eigenvalue weighted by atomic mass is 10.2. The third-order valence-electron chi connectivity index (χ3n) is 3.13. The van der Waals surface area contributed by atoms with Crippen molar-refractivity contribution >= 4 is 0 Å². The first-order valence-corrected chi connectivity index (χ1v) is 6.32. The van der Waals surface area contributed by atoms with Gasteiger partial charge in [-0.15, -0.1) is 0 Å². The zero-order valence-electron chi connectivity index (χ0n) is 10.5. The molecule has 2 rings (SSSR count). The number of rotatable bonds is 6. The molecule has 0 bridgehead atoms. The van der Waals surface area contributed by atoms with Gasteiger partial charge in [0.05, 0.1) is 12.7 Å². The SMILES string of the molecule is COCCCN1CCOC(Cn2cccc2)C1. The Morgan fingerprint density at radius 1 is 1.35 bits per heavy atom. The van der Waals surface area contributed by atoms with Crippen LogP contribution in [0.4, 0.5) is 0 Å². The Kier molecular flexibility index (Phi) is 5.04. The van der Waals surface area contributed by atoms with Gasteiger partial charge in [0.25, 0.3) is 0 Å². The van der Waals surface area contributed by atoms with Crippen molar-refractivity contribution in [2.75, 3.05) is 40.0 Å². The average Bonchev–Trinajstić information content (AvgIpc) is 2.83. The predicted octanol–water partition coefficient (Wildman–Crippen LogP) is 1.23. The van der Waals surface area contributed by atoms with Gasteiger partial charge in [0.1, 0.15) is 0 Å². The van der Waals surface area contributed by atoms with Crippen molar-refractivity contribution in [3.8, 4) is 0 Å². The first-order chi connectivity index (χ1) is 8.38. The van der Waals surface area contributed by atoms with Gasteiger partial charge in [-0.2, -0.15) is 0 Å². The van der Waals surface area contributed by atoms with E-state index in [2.05, 4.69) is 34.0 Å². The van der Waals surface area contributed by atoms with Crippen LogP contribution in [0.2, 0.25) is 0 Å². The van der Waals surface area contributed by atoms with Crippen molar-refractivity contribution in [3.63, 3.8) is 0 Å². The van der Waals surface area contributed by atoms with Gasteiger partial charge in [-0.25, -0.2) is 0 Å². The molecule has 1 saturated heterocycles. The normalized spacial score (nSPS) is 21.8. The summed E-state index contributed by atoms with van der Waals surface area (Å²) in [5.41, 5.74) is 0. The smallest absolute Gasteiger partial charge is 0.0880 e. The van der Waals surface area contributed by atoms with Gasteiger partial charge in [0, 0.05) is 52.3 Å². The maximum Gasteiger partial charge on any atom is 0.0880 e. The van der Waals surface area contributed by atoms with Gasteiger partial charge in [-0.1, -0.05) is 0 Å². The molecule has 2 heterocycles. The zero-order chi connectivity index (χ0) is 11.9. The number of ether oxygens (including phenoxy) is 2. The van der Waals surface area contributed by atoms with E-state index in [0.717, 1.165) is 45.8 Å². The minimum absolute atomic E-state index is 0.318. The second-order valence-electron chi connectivity index (χ2n) is 4.52. The van der Waals surface area contributed by atoms with Crippen LogP contribution < -0.4 is 0 Å². The lowest BCUT2D eigenvalue weighted by molar-refractivity contribution is -0.0374. The summed E-state index contributed by atoms with van der Waals surface area (Å²) in [4.78, 5) is 2.47. The maximum absolute atomic E-state index is 5.79. The molecule has 1 unspecified atom stereocenters. The maximum atomic E-state index is 5.79. The van der Waals surface area contributed by atoms with E-state index in [0.29, 0.717) is 6.10 Å². The summed E-state index contributed by atoms with van der Waals surface area (Å²) < 4.78 is 13.1. The molecule has 4 heteroatoms. The Balaban J connectivity index is 1.72. The molecule has 0 aliphatic carbocycles. The molecular weight excluding hydrogens is 216 g/mol. The Morgan fingerprint density at radius 2 is 2.18 bits per heavy atom. The lowest BCUT2D eigenvalue weighted by Gasteiger charge is -2.33. The van der Waals surface area contributed by atoms with Gasteiger partial charge in [-0.05, 0) is 18.6 Å². The predicted molar refractivity (Wildman–Crippen MR) is 67.1 cm³/mol. The lowest BCUT2D eigenvalue weighted by Crippen LogP contribution is -2.44. The molecule has 1 aromatic rings. The fraction of sp³-hybridized carbons (Fsp3) is 0.692. The topological polar surface area (TPSA) is 26.6 Å². The van der Waals surface area contributed by atoms with Crippen molar-refractivity contribution in [2.24, 2.45) is 0 Å². The molecule has 0 amide bonds. The molecule has 17 heavy (non-hydrogen) atoms. The van der Waals surface area contributed by atoms with E-state index in [1.54, 1.807) is 7.11 Å². The third kappa shape index (κ3) is 4.15. The molecule has 1 aromatic heterocycles. The number of morpholine rings is 1. The molecule has 96 valence electrons. The number of nitrogens with zero attached hydrogens (tertiary/aromatic N) is 2. The fourth-order valence-electron chi connectivity index (χ4n) is 2.25. The van der Waals surface area contributed by atoms with E-state index in [1.165, 1.54) is 0 Å². The fourth-order valence-corrected chi connectivity index (χ4v) is 2.25. The summed E-state index contributed by atoms with van der Waals surface area (Å²) in [6.45, 7) is 5.83. The summed E-state index contributed by atoms with van der Waals surface area (Å²) >= 11 is 0. The van der Waals surface area contributed by atoms with Crippen LogP contribution in [-0.2, 0) is 16.0 Å². The molecule has 1 aliphatic rings. The van der Waals surface area contributed by atoms with E-state index >= 15 is 0 Å². The highest BCUT2D eigenvalue weighted by molar-refractivity contribution is 4.91. The van der Waals surface area contributed by atoms with Gasteiger partial charge in [-0.3, -0.25) is 4.90 Å². The second-order valence-corrected chi connectivity index (χ2v) is 4.52. The van der Waals surface area contributed by atoms with E-state index in [1.807, 2.05) is 0 Å². The van der Waals surface area contributed by atoms with Crippen LogP contribution in [0.5, 0.6) is 0 Å². The van der Waals surface area contributed by atoms with Crippen molar-refractivity contribution in [2.45, 2.75) is 19.1 Å². The molecule has 0 aromatic carbocycles. The first-order valence-electron chi connectivity index (χ1n) is 6.32. The Morgan fingerprint density at radius 3 is 2.94 bits per heavy atom. The van der Waals surface area contributed by atoms with Gasteiger partial charge < -0.3 is 14.0 Å². The van der Waals surface area contributed by atoms with Crippen LogP contribution in [0.25, 0.3) is 0 Å². The highest BCUT2D eigenvalue weighted by atomic mass is 16.5. The van der Waals surface area contributed by atoms with E-state index in [4.69, 9.17) is 9.47 Å². The number of hydrogen-bond donors (Lipinski definition) is 0. The van der Waals surface area contributed by atoms with Gasteiger partial charge in [0.15, 0.2) is 0 Å². The van der Waals surface area contributed by atoms with Crippen LogP contribution >= 0.6 is 0 Å². The van der Waals surface area contributed by atoms with Crippen LogP contribution in [0, 0.1) is 0 Å². The van der Waals surface area contributed by atoms with Crippen molar-refractivity contribution < 1.29 is 9.47 Å². The summed E-state index contributed by atoms with van der Waals surface area (Å²) in [7, 11) is 1.76. The summed E-state index contributed by atoms with van der Waals surface area (Å²) in [6.07, 6.45) is 5.60. The summed E-state index contributed by atoms with van der Waals surface area (Å²) in [6, 6.07) is 4.11. The van der Waals surface area contributed by atoms with Crippen LogP contribution in [-0.4, -0.2) is 55.5 Å². The molecule has 1 aliphatic heterocycles. The molecule has 0 N–H and O–H groups in total. The molecule has 0 spiro atoms.